The van der Waals surface area contributed by atoms with Gasteiger partial charge in [-0.2, -0.15) is 0 Å². The van der Waals surface area contributed by atoms with E-state index in [1.165, 1.54) is 106 Å². The first-order valence-corrected chi connectivity index (χ1v) is 21.6. The standard InChI is InChI=1S/C27H28O3.C26H26O3/c1-29-25-9-8-23(22-6-3-18(4-7-22)5-10-26(28)30-2)14-24(25)27-15-19-11-20(16-27)13-21(12-19)17-27;1-29-24-8-7-22(21-5-2-17(3-6-21)4-9-25(27)28)13-23(24)26-14-18-10-19(15-26)12-20(11-18)16-26/h3-4,6-9,14,19-21H,11-13,15-17H2,1-2H3;2-3,5-8,13,18-20H,10-12,14-16H2,1H3,(H,27,28). The fourth-order valence-corrected chi connectivity index (χ4v) is 13.3. The van der Waals surface area contributed by atoms with Crippen LogP contribution in [0.4, 0.5) is 0 Å². The van der Waals surface area contributed by atoms with Crippen molar-refractivity contribution in [3.63, 3.8) is 0 Å². The third kappa shape index (κ3) is 7.88. The largest absolute Gasteiger partial charge is 0.496 e. The number of hydrogen-bond donors (Lipinski definition) is 1. The normalized spacial score (nSPS) is 28.9. The fourth-order valence-electron chi connectivity index (χ4n) is 13.3. The third-order valence-electron chi connectivity index (χ3n) is 14.9. The molecule has 0 aliphatic heterocycles. The Kier molecular flexibility index (Phi) is 10.6. The van der Waals surface area contributed by atoms with Crippen LogP contribution in [-0.2, 0) is 25.2 Å². The van der Waals surface area contributed by atoms with Gasteiger partial charge in [0.05, 0.1) is 21.3 Å². The van der Waals surface area contributed by atoms with Crippen molar-refractivity contribution in [3.8, 4) is 57.4 Å². The van der Waals surface area contributed by atoms with E-state index < -0.39 is 11.9 Å². The highest BCUT2D eigenvalue weighted by Gasteiger charge is 2.53. The second-order valence-corrected chi connectivity index (χ2v) is 18.7. The Morgan fingerprint density at radius 2 is 0.847 bits per heavy atom. The molecule has 8 bridgehead atoms. The number of aliphatic carboxylic acids is 1. The van der Waals surface area contributed by atoms with Gasteiger partial charge in [-0.3, -0.25) is 0 Å². The van der Waals surface area contributed by atoms with Crippen LogP contribution >= 0.6 is 0 Å². The topological polar surface area (TPSA) is 82.1 Å². The van der Waals surface area contributed by atoms with Crippen molar-refractivity contribution in [2.24, 2.45) is 35.5 Å². The second kappa shape index (κ2) is 16.0. The van der Waals surface area contributed by atoms with Crippen molar-refractivity contribution in [1.29, 1.82) is 0 Å². The van der Waals surface area contributed by atoms with Crippen LogP contribution < -0.4 is 9.47 Å². The molecule has 0 unspecified atom stereocenters. The van der Waals surface area contributed by atoms with Gasteiger partial charge >= 0.3 is 11.9 Å². The monoisotopic (exact) mass is 786 g/mol. The lowest BCUT2D eigenvalue weighted by Gasteiger charge is -2.57. The SMILES string of the molecule is COC(=O)C#Cc1ccc(-c2ccc(OC)c(C34CC5CC(CC(C5)C3)C4)c2)cc1.COc1ccc(-c2ccc(C#CC(=O)O)cc2)cc1C12CC3CC(CC(C3)C1)C2. The van der Waals surface area contributed by atoms with E-state index >= 15 is 0 Å². The van der Waals surface area contributed by atoms with Gasteiger partial charge in [-0.15, -0.1) is 0 Å². The van der Waals surface area contributed by atoms with E-state index in [1.54, 1.807) is 14.2 Å². The molecule has 8 saturated carbocycles. The van der Waals surface area contributed by atoms with E-state index in [0.717, 1.165) is 63.7 Å². The lowest BCUT2D eigenvalue weighted by Crippen LogP contribution is -2.48. The lowest BCUT2D eigenvalue weighted by molar-refractivity contribution is -0.134. The summed E-state index contributed by atoms with van der Waals surface area (Å²) in [7, 11) is 4.92. The lowest BCUT2D eigenvalue weighted by atomic mass is 9.48. The van der Waals surface area contributed by atoms with Gasteiger partial charge in [0.25, 0.3) is 0 Å². The van der Waals surface area contributed by atoms with Crippen LogP contribution in [0.1, 0.15) is 99.3 Å². The zero-order valence-corrected chi connectivity index (χ0v) is 34.5. The number of carbonyl (C=O) groups is 2. The maximum atomic E-state index is 11.2. The van der Waals surface area contributed by atoms with Gasteiger partial charge < -0.3 is 19.3 Å². The number of carboxylic acid groups (broad SMARTS) is 1. The van der Waals surface area contributed by atoms with Crippen LogP contribution in [0.15, 0.2) is 84.9 Å². The van der Waals surface area contributed by atoms with Gasteiger partial charge in [-0.05, 0) is 194 Å². The Morgan fingerprint density at radius 1 is 0.508 bits per heavy atom. The molecule has 59 heavy (non-hydrogen) atoms. The van der Waals surface area contributed by atoms with E-state index in [0.29, 0.717) is 11.0 Å². The average molecular weight is 787 g/mol. The fraction of sp³-hybridized carbons (Fsp3) is 0.434. The van der Waals surface area contributed by atoms with Gasteiger partial charge in [0.2, 0.25) is 0 Å². The highest BCUT2D eigenvalue weighted by molar-refractivity contribution is 5.89. The number of rotatable bonds is 6. The molecule has 4 aromatic carbocycles. The zero-order chi connectivity index (χ0) is 40.7. The minimum atomic E-state index is -1.11. The van der Waals surface area contributed by atoms with E-state index in [4.69, 9.17) is 14.6 Å². The number of carboxylic acids is 1. The molecular weight excluding hydrogens is 733 g/mol. The van der Waals surface area contributed by atoms with E-state index in [-0.39, 0.29) is 5.41 Å². The minimum Gasteiger partial charge on any atom is -0.496 e. The summed E-state index contributed by atoms with van der Waals surface area (Å²) in [5.74, 6) is 16.0. The van der Waals surface area contributed by atoms with Crippen LogP contribution in [0, 0.1) is 59.2 Å². The van der Waals surface area contributed by atoms with Crippen molar-refractivity contribution >= 4 is 11.9 Å². The molecule has 12 rings (SSSR count). The number of ether oxygens (including phenoxy) is 3. The van der Waals surface area contributed by atoms with Crippen LogP contribution in [-0.4, -0.2) is 38.4 Å². The van der Waals surface area contributed by atoms with Gasteiger partial charge in [0.15, 0.2) is 0 Å². The molecule has 1 N–H and O–H groups in total. The maximum Gasteiger partial charge on any atom is 0.384 e. The van der Waals surface area contributed by atoms with E-state index in [2.05, 4.69) is 76.9 Å². The van der Waals surface area contributed by atoms with Crippen molar-refractivity contribution in [1.82, 2.24) is 0 Å². The van der Waals surface area contributed by atoms with Gasteiger partial charge in [0, 0.05) is 34.1 Å². The summed E-state index contributed by atoms with van der Waals surface area (Å²) in [4.78, 5) is 21.9. The Hall–Kier alpha value is -5.46. The minimum absolute atomic E-state index is 0.281. The molecule has 8 fully saturated rings. The molecule has 8 aliphatic rings. The summed E-state index contributed by atoms with van der Waals surface area (Å²) in [6, 6.07) is 29.2. The van der Waals surface area contributed by atoms with Gasteiger partial charge in [-0.25, -0.2) is 9.59 Å². The summed E-state index contributed by atoms with van der Waals surface area (Å²) in [6.07, 6.45) is 16.5. The predicted molar refractivity (Wildman–Crippen MR) is 230 cm³/mol. The third-order valence-corrected chi connectivity index (χ3v) is 14.9. The molecule has 0 amide bonds. The molecule has 8 aliphatic carbocycles. The van der Waals surface area contributed by atoms with E-state index in [9.17, 15) is 9.59 Å². The highest BCUT2D eigenvalue weighted by atomic mass is 16.5. The predicted octanol–water partition coefficient (Wildman–Crippen LogP) is 10.6. The molecule has 0 atom stereocenters. The molecule has 0 saturated heterocycles. The second-order valence-electron chi connectivity index (χ2n) is 18.7. The molecular formula is C53H54O6. The smallest absolute Gasteiger partial charge is 0.384 e. The first-order valence-electron chi connectivity index (χ1n) is 21.6. The first-order chi connectivity index (χ1) is 28.6. The molecule has 6 nitrogen and oxygen atoms in total. The average Bonchev–Trinajstić information content (AvgIpc) is 3.24. The van der Waals surface area contributed by atoms with Crippen LogP contribution in [0.5, 0.6) is 11.5 Å². The molecule has 0 radical (unpaired) electrons. The number of methoxy groups -OCH3 is 3. The van der Waals surface area contributed by atoms with Crippen molar-refractivity contribution < 1.29 is 28.9 Å². The Morgan fingerprint density at radius 3 is 1.17 bits per heavy atom. The quantitative estimate of drug-likeness (QED) is 0.155. The first kappa shape index (κ1) is 39.0. The zero-order valence-electron chi connectivity index (χ0n) is 34.5. The van der Waals surface area contributed by atoms with Crippen molar-refractivity contribution in [2.75, 3.05) is 21.3 Å². The molecule has 0 heterocycles. The van der Waals surface area contributed by atoms with Crippen molar-refractivity contribution in [3.05, 3.63) is 107 Å². The summed E-state index contributed by atoms with van der Waals surface area (Å²) in [5.41, 5.74) is 9.59. The molecule has 4 aromatic rings. The Labute approximate surface area is 349 Å². The van der Waals surface area contributed by atoms with Crippen molar-refractivity contribution in [2.45, 2.75) is 87.9 Å². The summed E-state index contributed by atoms with van der Waals surface area (Å²) >= 11 is 0. The maximum absolute atomic E-state index is 11.2. The Balaban J connectivity index is 0.000000152. The van der Waals surface area contributed by atoms with Gasteiger partial charge in [-0.1, -0.05) is 48.2 Å². The van der Waals surface area contributed by atoms with Crippen LogP contribution in [0.3, 0.4) is 0 Å². The number of hydrogen-bond acceptors (Lipinski definition) is 5. The van der Waals surface area contributed by atoms with Gasteiger partial charge in [0.1, 0.15) is 11.5 Å². The van der Waals surface area contributed by atoms with Crippen LogP contribution in [0.25, 0.3) is 22.3 Å². The van der Waals surface area contributed by atoms with Crippen LogP contribution in [0.2, 0.25) is 0 Å². The summed E-state index contributed by atoms with van der Waals surface area (Å²) in [6.45, 7) is 0. The van der Waals surface area contributed by atoms with E-state index in [1.807, 2.05) is 36.4 Å². The summed E-state index contributed by atoms with van der Waals surface area (Å²) < 4.78 is 16.2. The number of carbonyl (C=O) groups excluding carboxylic acids is 1. The Bertz CT molecular complexity index is 2290. The molecule has 0 aromatic heterocycles. The molecule has 0 spiro atoms. The molecule has 6 heteroatoms. The number of benzene rings is 4. The highest BCUT2D eigenvalue weighted by Crippen LogP contribution is 2.63. The summed E-state index contributed by atoms with van der Waals surface area (Å²) in [5, 5.41) is 8.72. The molecule has 302 valence electrons. The number of esters is 1.